The lowest BCUT2D eigenvalue weighted by molar-refractivity contribution is 0.414. The van der Waals surface area contributed by atoms with Crippen molar-refractivity contribution in [3.05, 3.63) is 48.4 Å². The first-order valence-electron chi connectivity index (χ1n) is 3.98. The SMILES string of the molecule is [CH2]C(C=C)c1cccc(OC)c1Cl. The van der Waals surface area contributed by atoms with Crippen LogP contribution in [0.1, 0.15) is 11.5 Å². The van der Waals surface area contributed by atoms with Crippen molar-refractivity contribution in [3.63, 3.8) is 0 Å². The summed E-state index contributed by atoms with van der Waals surface area (Å²) in [6.07, 6.45) is 1.75. The fourth-order valence-electron chi connectivity index (χ4n) is 1.10. The summed E-state index contributed by atoms with van der Waals surface area (Å²) in [5.74, 6) is 0.678. The van der Waals surface area contributed by atoms with E-state index in [0.717, 1.165) is 5.56 Å². The molecule has 0 aliphatic rings. The molecule has 0 aliphatic heterocycles. The van der Waals surface area contributed by atoms with Crippen molar-refractivity contribution >= 4 is 11.6 Å². The number of ether oxygens (including phenoxy) is 1. The second-order valence-electron chi connectivity index (χ2n) is 2.71. The zero-order valence-electron chi connectivity index (χ0n) is 7.59. The molecule has 0 fully saturated rings. The first kappa shape index (κ1) is 10.1. The van der Waals surface area contributed by atoms with Gasteiger partial charge in [-0.15, -0.1) is 6.58 Å². The van der Waals surface area contributed by atoms with Crippen molar-refractivity contribution in [3.8, 4) is 5.75 Å². The Kier molecular flexibility index (Phi) is 3.38. The predicted octanol–water partition coefficient (Wildman–Crippen LogP) is 3.45. The Morgan fingerprint density at radius 3 is 2.77 bits per heavy atom. The molecule has 1 unspecified atom stereocenters. The van der Waals surface area contributed by atoms with Gasteiger partial charge in [0.1, 0.15) is 5.75 Å². The number of allylic oxidation sites excluding steroid dienone is 1. The summed E-state index contributed by atoms with van der Waals surface area (Å²) in [5.41, 5.74) is 0.941. The largest absolute Gasteiger partial charge is 0.495 e. The first-order chi connectivity index (χ1) is 6.20. The Morgan fingerprint density at radius 2 is 2.23 bits per heavy atom. The van der Waals surface area contributed by atoms with E-state index < -0.39 is 0 Å². The molecule has 0 spiro atoms. The van der Waals surface area contributed by atoms with Crippen LogP contribution in [0.5, 0.6) is 5.75 Å². The van der Waals surface area contributed by atoms with Crippen LogP contribution in [0.4, 0.5) is 0 Å². The Labute approximate surface area is 84.0 Å². The first-order valence-corrected chi connectivity index (χ1v) is 4.36. The highest BCUT2D eigenvalue weighted by atomic mass is 35.5. The van der Waals surface area contributed by atoms with E-state index in [4.69, 9.17) is 16.3 Å². The van der Waals surface area contributed by atoms with E-state index in [9.17, 15) is 0 Å². The summed E-state index contributed by atoms with van der Waals surface area (Å²) in [4.78, 5) is 0. The minimum atomic E-state index is 0.00241. The third kappa shape index (κ3) is 2.04. The summed E-state index contributed by atoms with van der Waals surface area (Å²) in [6.45, 7) is 7.58. The standard InChI is InChI=1S/C11H12ClO/c1-4-8(2)9-6-5-7-10(13-3)11(9)12/h4-8H,1-2H2,3H3. The molecule has 2 heteroatoms. The highest BCUT2D eigenvalue weighted by Crippen LogP contribution is 2.32. The van der Waals surface area contributed by atoms with Gasteiger partial charge in [0.15, 0.2) is 0 Å². The maximum Gasteiger partial charge on any atom is 0.137 e. The van der Waals surface area contributed by atoms with Crippen LogP contribution < -0.4 is 4.74 Å². The van der Waals surface area contributed by atoms with Gasteiger partial charge in [0.2, 0.25) is 0 Å². The van der Waals surface area contributed by atoms with Crippen molar-refractivity contribution in [2.75, 3.05) is 7.11 Å². The molecule has 0 aromatic heterocycles. The number of hydrogen-bond acceptors (Lipinski definition) is 1. The lowest BCUT2D eigenvalue weighted by Gasteiger charge is -2.11. The van der Waals surface area contributed by atoms with Crippen molar-refractivity contribution in [1.82, 2.24) is 0 Å². The second-order valence-corrected chi connectivity index (χ2v) is 3.08. The van der Waals surface area contributed by atoms with Gasteiger partial charge in [-0.05, 0) is 18.6 Å². The molecule has 0 heterocycles. The van der Waals surface area contributed by atoms with Crippen molar-refractivity contribution < 1.29 is 4.74 Å². The van der Waals surface area contributed by atoms with Crippen LogP contribution in [0.3, 0.4) is 0 Å². The molecule has 1 radical (unpaired) electrons. The number of halogens is 1. The van der Waals surface area contributed by atoms with Crippen molar-refractivity contribution in [2.24, 2.45) is 0 Å². The zero-order valence-corrected chi connectivity index (χ0v) is 8.34. The van der Waals surface area contributed by atoms with Crippen LogP contribution in [0.25, 0.3) is 0 Å². The van der Waals surface area contributed by atoms with Crippen LogP contribution in [0.2, 0.25) is 5.02 Å². The van der Waals surface area contributed by atoms with Gasteiger partial charge >= 0.3 is 0 Å². The van der Waals surface area contributed by atoms with E-state index in [0.29, 0.717) is 10.8 Å². The summed E-state index contributed by atoms with van der Waals surface area (Å²) in [5, 5.41) is 0.616. The maximum absolute atomic E-state index is 6.07. The monoisotopic (exact) mass is 195 g/mol. The molecule has 69 valence electrons. The topological polar surface area (TPSA) is 9.23 Å². The fourth-order valence-corrected chi connectivity index (χ4v) is 1.44. The number of rotatable bonds is 3. The molecule has 0 saturated carbocycles. The number of methoxy groups -OCH3 is 1. The molecular weight excluding hydrogens is 184 g/mol. The smallest absolute Gasteiger partial charge is 0.137 e. The Hall–Kier alpha value is -0.950. The molecule has 0 saturated heterocycles. The zero-order chi connectivity index (χ0) is 9.84. The fraction of sp³-hybridized carbons (Fsp3) is 0.182. The van der Waals surface area contributed by atoms with Crippen molar-refractivity contribution in [2.45, 2.75) is 5.92 Å². The van der Waals surface area contributed by atoms with Gasteiger partial charge < -0.3 is 4.74 Å². The van der Waals surface area contributed by atoms with E-state index in [1.165, 1.54) is 0 Å². The van der Waals surface area contributed by atoms with Gasteiger partial charge in [0, 0.05) is 5.92 Å². The van der Waals surface area contributed by atoms with Crippen molar-refractivity contribution in [1.29, 1.82) is 0 Å². The minimum Gasteiger partial charge on any atom is -0.495 e. The Balaban J connectivity index is 3.14. The minimum absolute atomic E-state index is 0.00241. The van der Waals surface area contributed by atoms with E-state index in [1.54, 1.807) is 13.2 Å². The highest BCUT2D eigenvalue weighted by molar-refractivity contribution is 6.32. The average Bonchev–Trinajstić information content (AvgIpc) is 2.17. The van der Waals surface area contributed by atoms with Gasteiger partial charge in [-0.25, -0.2) is 0 Å². The van der Waals surface area contributed by atoms with Gasteiger partial charge in [0.25, 0.3) is 0 Å². The summed E-state index contributed by atoms with van der Waals surface area (Å²) >= 11 is 6.07. The molecule has 0 bridgehead atoms. The average molecular weight is 196 g/mol. The number of benzene rings is 1. The lowest BCUT2D eigenvalue weighted by atomic mass is 10.0. The summed E-state index contributed by atoms with van der Waals surface area (Å²) < 4.78 is 5.09. The van der Waals surface area contributed by atoms with Gasteiger partial charge in [-0.1, -0.05) is 29.8 Å². The van der Waals surface area contributed by atoms with E-state index in [1.807, 2.05) is 18.2 Å². The molecule has 1 atom stereocenters. The molecule has 1 aromatic carbocycles. The Bertz CT molecular complexity index is 307. The molecule has 0 N–H and O–H groups in total. The molecular formula is C11H12ClO. The van der Waals surface area contributed by atoms with E-state index >= 15 is 0 Å². The molecule has 13 heavy (non-hydrogen) atoms. The summed E-state index contributed by atoms with van der Waals surface area (Å²) in [7, 11) is 1.59. The third-order valence-electron chi connectivity index (χ3n) is 1.90. The van der Waals surface area contributed by atoms with Gasteiger partial charge in [-0.3, -0.25) is 0 Å². The molecule has 1 rings (SSSR count). The predicted molar refractivity (Wildman–Crippen MR) is 56.3 cm³/mol. The second kappa shape index (κ2) is 4.33. The van der Waals surface area contributed by atoms with Crippen LogP contribution >= 0.6 is 11.6 Å². The van der Waals surface area contributed by atoms with Crippen LogP contribution in [0.15, 0.2) is 30.9 Å². The molecule has 1 nitrogen and oxygen atoms in total. The van der Waals surface area contributed by atoms with Crippen LogP contribution in [-0.4, -0.2) is 7.11 Å². The normalized spacial score (nSPS) is 12.2. The maximum atomic E-state index is 6.07. The van der Waals surface area contributed by atoms with Gasteiger partial charge in [-0.2, -0.15) is 0 Å². The summed E-state index contributed by atoms with van der Waals surface area (Å²) in [6, 6.07) is 5.63. The quantitative estimate of drug-likeness (QED) is 0.672. The highest BCUT2D eigenvalue weighted by Gasteiger charge is 2.09. The third-order valence-corrected chi connectivity index (χ3v) is 2.30. The van der Waals surface area contributed by atoms with E-state index in [2.05, 4.69) is 13.5 Å². The molecule has 0 amide bonds. The Morgan fingerprint density at radius 1 is 1.54 bits per heavy atom. The number of hydrogen-bond donors (Lipinski definition) is 0. The van der Waals surface area contributed by atoms with Crippen LogP contribution in [-0.2, 0) is 0 Å². The van der Waals surface area contributed by atoms with E-state index in [-0.39, 0.29) is 5.92 Å². The molecule has 1 aromatic rings. The van der Waals surface area contributed by atoms with Crippen LogP contribution in [0, 0.1) is 6.92 Å². The lowest BCUT2D eigenvalue weighted by Crippen LogP contribution is -1.93. The molecule has 0 aliphatic carbocycles. The van der Waals surface area contributed by atoms with Gasteiger partial charge in [0.05, 0.1) is 12.1 Å².